The Morgan fingerprint density at radius 2 is 2.00 bits per heavy atom. The molecule has 3 nitrogen and oxygen atoms in total. The maximum atomic E-state index is 5.98. The van der Waals surface area contributed by atoms with E-state index in [1.807, 2.05) is 18.2 Å². The lowest BCUT2D eigenvalue weighted by molar-refractivity contribution is 0.536. The summed E-state index contributed by atoms with van der Waals surface area (Å²) in [6.07, 6.45) is 5.04. The number of hydrogen-bond acceptors (Lipinski definition) is 3. The van der Waals surface area contributed by atoms with Gasteiger partial charge < -0.3 is 16.8 Å². The van der Waals surface area contributed by atoms with Crippen molar-refractivity contribution in [1.82, 2.24) is 5.32 Å². The maximum Gasteiger partial charge on any atom is 0.0383 e. The van der Waals surface area contributed by atoms with Gasteiger partial charge in [-0.2, -0.15) is 0 Å². The molecular formula is C12H19N3. The van der Waals surface area contributed by atoms with E-state index in [1.165, 1.54) is 31.2 Å². The number of anilines is 2. The first-order chi connectivity index (χ1) is 7.27. The maximum absolute atomic E-state index is 5.98. The predicted octanol–water partition coefficient (Wildman–Crippen LogP) is 2.06. The second-order valence-electron chi connectivity index (χ2n) is 4.24. The van der Waals surface area contributed by atoms with Gasteiger partial charge in [0.1, 0.15) is 0 Å². The molecular weight excluding hydrogens is 186 g/mol. The molecule has 2 rings (SSSR count). The number of rotatable bonds is 1. The van der Waals surface area contributed by atoms with Crippen LogP contribution in [0.2, 0.25) is 0 Å². The van der Waals surface area contributed by atoms with Crippen LogP contribution in [0.15, 0.2) is 18.2 Å². The number of nitrogens with two attached hydrogens (primary N) is 2. The van der Waals surface area contributed by atoms with Crippen molar-refractivity contribution in [3.8, 4) is 0 Å². The van der Waals surface area contributed by atoms with Crippen molar-refractivity contribution in [2.45, 2.75) is 31.7 Å². The van der Waals surface area contributed by atoms with E-state index >= 15 is 0 Å². The molecule has 1 atom stereocenters. The molecule has 0 bridgehead atoms. The molecule has 0 radical (unpaired) electrons. The Hall–Kier alpha value is -1.22. The fourth-order valence-corrected chi connectivity index (χ4v) is 2.20. The SMILES string of the molecule is Nc1ccc(C2CCCCCN2)c(N)c1. The van der Waals surface area contributed by atoms with Gasteiger partial charge in [0.2, 0.25) is 0 Å². The van der Waals surface area contributed by atoms with Crippen LogP contribution in [-0.2, 0) is 0 Å². The van der Waals surface area contributed by atoms with Crippen molar-refractivity contribution < 1.29 is 0 Å². The van der Waals surface area contributed by atoms with Gasteiger partial charge in [0.15, 0.2) is 0 Å². The molecule has 5 N–H and O–H groups in total. The highest BCUT2D eigenvalue weighted by molar-refractivity contribution is 5.57. The largest absolute Gasteiger partial charge is 0.399 e. The fourth-order valence-electron chi connectivity index (χ4n) is 2.20. The summed E-state index contributed by atoms with van der Waals surface area (Å²) in [5.74, 6) is 0. The van der Waals surface area contributed by atoms with Crippen LogP contribution in [0.5, 0.6) is 0 Å². The van der Waals surface area contributed by atoms with E-state index in [-0.39, 0.29) is 0 Å². The standard InChI is InChI=1S/C12H19N3/c13-9-5-6-10(11(14)8-9)12-4-2-1-3-7-15-12/h5-6,8,12,15H,1-4,7,13-14H2. The normalized spacial score (nSPS) is 22.3. The Bertz CT molecular complexity index is 328. The van der Waals surface area contributed by atoms with Crippen molar-refractivity contribution in [1.29, 1.82) is 0 Å². The molecule has 1 aromatic rings. The fraction of sp³-hybridized carbons (Fsp3) is 0.500. The van der Waals surface area contributed by atoms with Crippen LogP contribution in [0.3, 0.4) is 0 Å². The molecule has 0 amide bonds. The Morgan fingerprint density at radius 1 is 1.13 bits per heavy atom. The van der Waals surface area contributed by atoms with E-state index < -0.39 is 0 Å². The molecule has 1 aliphatic rings. The summed E-state index contributed by atoms with van der Waals surface area (Å²) in [7, 11) is 0. The van der Waals surface area contributed by atoms with Gasteiger partial charge in [0.05, 0.1) is 0 Å². The molecule has 82 valence electrons. The lowest BCUT2D eigenvalue weighted by atomic mass is 10.00. The van der Waals surface area contributed by atoms with Gasteiger partial charge in [-0.1, -0.05) is 18.9 Å². The van der Waals surface area contributed by atoms with Crippen LogP contribution in [-0.4, -0.2) is 6.54 Å². The second kappa shape index (κ2) is 4.53. The summed E-state index contributed by atoms with van der Waals surface area (Å²) < 4.78 is 0. The highest BCUT2D eigenvalue weighted by Crippen LogP contribution is 2.28. The lowest BCUT2D eigenvalue weighted by Gasteiger charge is -2.18. The van der Waals surface area contributed by atoms with Crippen molar-refractivity contribution >= 4 is 11.4 Å². The Morgan fingerprint density at radius 3 is 2.80 bits per heavy atom. The molecule has 3 heteroatoms. The van der Waals surface area contributed by atoms with E-state index in [9.17, 15) is 0 Å². The molecule has 1 saturated heterocycles. The molecule has 0 aromatic heterocycles. The van der Waals surface area contributed by atoms with Crippen LogP contribution < -0.4 is 16.8 Å². The minimum Gasteiger partial charge on any atom is -0.399 e. The monoisotopic (exact) mass is 205 g/mol. The second-order valence-corrected chi connectivity index (χ2v) is 4.24. The summed E-state index contributed by atoms with van der Waals surface area (Å²) >= 11 is 0. The molecule has 1 heterocycles. The summed E-state index contributed by atoms with van der Waals surface area (Å²) in [6.45, 7) is 1.09. The minimum absolute atomic E-state index is 0.410. The highest BCUT2D eigenvalue weighted by Gasteiger charge is 2.15. The smallest absolute Gasteiger partial charge is 0.0383 e. The number of hydrogen-bond donors (Lipinski definition) is 3. The number of nitrogen functional groups attached to an aromatic ring is 2. The van der Waals surface area contributed by atoms with Crippen LogP contribution in [0.25, 0.3) is 0 Å². The summed E-state index contributed by atoms with van der Waals surface area (Å²) in [5.41, 5.74) is 14.4. The van der Waals surface area contributed by atoms with Crippen molar-refractivity contribution in [2.75, 3.05) is 18.0 Å². The van der Waals surface area contributed by atoms with Gasteiger partial charge in [0.25, 0.3) is 0 Å². The van der Waals surface area contributed by atoms with E-state index in [4.69, 9.17) is 11.5 Å². The van der Waals surface area contributed by atoms with Crippen molar-refractivity contribution in [3.63, 3.8) is 0 Å². The van der Waals surface area contributed by atoms with E-state index in [0.29, 0.717) is 6.04 Å². The first-order valence-corrected chi connectivity index (χ1v) is 5.65. The van der Waals surface area contributed by atoms with Gasteiger partial charge in [-0.25, -0.2) is 0 Å². The zero-order valence-corrected chi connectivity index (χ0v) is 9.00. The van der Waals surface area contributed by atoms with Crippen molar-refractivity contribution in [2.24, 2.45) is 0 Å². The zero-order chi connectivity index (χ0) is 10.7. The van der Waals surface area contributed by atoms with Crippen LogP contribution in [0.1, 0.15) is 37.3 Å². The van der Waals surface area contributed by atoms with E-state index in [2.05, 4.69) is 5.32 Å². The van der Waals surface area contributed by atoms with Gasteiger partial charge in [-0.05, 0) is 37.1 Å². The van der Waals surface area contributed by atoms with Crippen molar-refractivity contribution in [3.05, 3.63) is 23.8 Å². The summed E-state index contributed by atoms with van der Waals surface area (Å²) in [5, 5.41) is 3.54. The Labute approximate surface area is 90.8 Å². The van der Waals surface area contributed by atoms with E-state index in [0.717, 1.165) is 17.9 Å². The molecule has 1 aromatic carbocycles. The lowest BCUT2D eigenvalue weighted by Crippen LogP contribution is -2.21. The minimum atomic E-state index is 0.410. The molecule has 0 aliphatic carbocycles. The third kappa shape index (κ3) is 2.42. The van der Waals surface area contributed by atoms with Gasteiger partial charge >= 0.3 is 0 Å². The first-order valence-electron chi connectivity index (χ1n) is 5.65. The third-order valence-electron chi connectivity index (χ3n) is 3.05. The number of benzene rings is 1. The first kappa shape index (κ1) is 10.3. The summed E-state index contributed by atoms with van der Waals surface area (Å²) in [6, 6.07) is 6.24. The number of nitrogens with one attached hydrogen (secondary N) is 1. The highest BCUT2D eigenvalue weighted by atomic mass is 14.9. The van der Waals surface area contributed by atoms with Gasteiger partial charge in [-0.15, -0.1) is 0 Å². The molecule has 15 heavy (non-hydrogen) atoms. The quantitative estimate of drug-likeness (QED) is 0.615. The Balaban J connectivity index is 2.19. The average Bonchev–Trinajstić information content (AvgIpc) is 2.46. The molecule has 0 spiro atoms. The van der Waals surface area contributed by atoms with Gasteiger partial charge in [-0.3, -0.25) is 0 Å². The predicted molar refractivity (Wildman–Crippen MR) is 64.5 cm³/mol. The van der Waals surface area contributed by atoms with Crippen LogP contribution in [0.4, 0.5) is 11.4 Å². The van der Waals surface area contributed by atoms with Crippen LogP contribution >= 0.6 is 0 Å². The molecule has 0 saturated carbocycles. The molecule has 1 aliphatic heterocycles. The van der Waals surface area contributed by atoms with Gasteiger partial charge in [0, 0.05) is 17.4 Å². The molecule has 1 fully saturated rings. The van der Waals surface area contributed by atoms with Crippen LogP contribution in [0, 0.1) is 0 Å². The molecule has 1 unspecified atom stereocenters. The third-order valence-corrected chi connectivity index (χ3v) is 3.05. The topological polar surface area (TPSA) is 64.1 Å². The average molecular weight is 205 g/mol. The summed E-state index contributed by atoms with van der Waals surface area (Å²) in [4.78, 5) is 0. The zero-order valence-electron chi connectivity index (χ0n) is 9.00. The Kier molecular flexibility index (Phi) is 3.11. The van der Waals surface area contributed by atoms with E-state index in [1.54, 1.807) is 0 Å².